The van der Waals surface area contributed by atoms with Crippen molar-refractivity contribution in [2.45, 2.75) is 25.8 Å². The number of nitrogens with one attached hydrogen (secondary N) is 1. The first kappa shape index (κ1) is 19.2. The minimum atomic E-state index is -0.371. The first-order chi connectivity index (χ1) is 14.5. The number of hydrogen-bond acceptors (Lipinski definition) is 4. The number of nitrogens with zero attached hydrogens (tertiary/aromatic N) is 3. The van der Waals surface area contributed by atoms with Crippen molar-refractivity contribution in [3.8, 4) is 10.4 Å². The molecule has 1 saturated heterocycles. The zero-order valence-electron chi connectivity index (χ0n) is 16.2. The van der Waals surface area contributed by atoms with Gasteiger partial charge in [-0.3, -0.25) is 4.79 Å². The molecule has 1 fully saturated rings. The molecule has 1 amide bonds. The molecule has 0 bridgehead atoms. The smallest absolute Gasteiger partial charge is 0.274 e. The van der Waals surface area contributed by atoms with Gasteiger partial charge in [0.25, 0.3) is 5.91 Å². The van der Waals surface area contributed by atoms with Crippen LogP contribution in [0, 0.1) is 12.7 Å². The van der Waals surface area contributed by atoms with Crippen LogP contribution in [-0.4, -0.2) is 32.3 Å². The fraction of sp³-hybridized carbons (Fsp3) is 0.227. The van der Waals surface area contributed by atoms with Crippen molar-refractivity contribution in [3.05, 3.63) is 69.8 Å². The predicted octanol–water partition coefficient (Wildman–Crippen LogP) is 5.76. The molecule has 5 nitrogen and oxygen atoms in total. The second-order valence-corrected chi connectivity index (χ2v) is 8.98. The minimum Gasteiger partial charge on any atom is -0.340 e. The molecule has 0 saturated carbocycles. The average molecular weight is 441 g/mol. The van der Waals surface area contributed by atoms with E-state index in [9.17, 15) is 9.18 Å². The monoisotopic (exact) mass is 440 g/mol. The van der Waals surface area contributed by atoms with E-state index in [0.717, 1.165) is 28.3 Å². The lowest BCUT2D eigenvalue weighted by Gasteiger charge is -2.22. The number of thiazole rings is 1. The van der Waals surface area contributed by atoms with E-state index in [4.69, 9.17) is 11.6 Å². The second-order valence-electron chi connectivity index (χ2n) is 7.34. The summed E-state index contributed by atoms with van der Waals surface area (Å²) >= 11 is 7.64. The highest BCUT2D eigenvalue weighted by Gasteiger charge is 2.35. The van der Waals surface area contributed by atoms with Gasteiger partial charge in [0, 0.05) is 11.6 Å². The van der Waals surface area contributed by atoms with E-state index in [2.05, 4.69) is 15.0 Å². The molecule has 0 spiro atoms. The molecule has 5 rings (SSSR count). The fourth-order valence-corrected chi connectivity index (χ4v) is 5.10. The van der Waals surface area contributed by atoms with Crippen molar-refractivity contribution >= 4 is 39.9 Å². The van der Waals surface area contributed by atoms with Crippen LogP contribution in [0.15, 0.2) is 42.5 Å². The van der Waals surface area contributed by atoms with Crippen molar-refractivity contribution in [1.29, 1.82) is 0 Å². The number of carbonyl (C=O) groups excluding carboxylic acids is 1. The quantitative estimate of drug-likeness (QED) is 0.440. The Balaban J connectivity index is 1.52. The summed E-state index contributed by atoms with van der Waals surface area (Å²) in [5.41, 5.74) is 2.23. The van der Waals surface area contributed by atoms with Gasteiger partial charge in [-0.2, -0.15) is 0 Å². The Kier molecular flexibility index (Phi) is 4.79. The summed E-state index contributed by atoms with van der Waals surface area (Å²) in [6, 6.07) is 12.0. The van der Waals surface area contributed by atoms with Crippen LogP contribution in [0.5, 0.6) is 0 Å². The summed E-state index contributed by atoms with van der Waals surface area (Å²) in [6.07, 6.45) is 1.62. The van der Waals surface area contributed by atoms with Crippen molar-refractivity contribution in [2.75, 3.05) is 6.54 Å². The number of halogens is 2. The summed E-state index contributed by atoms with van der Waals surface area (Å²) in [7, 11) is 0. The van der Waals surface area contributed by atoms with E-state index in [1.54, 1.807) is 23.1 Å². The maximum Gasteiger partial charge on any atom is 0.274 e. The standard InChI is InChI=1S/C22H18ClFN4OS/c1-12-25-19(20(30-12)13-5-2-6-14(23)11-13)22(29)28-10-4-9-17(28)21-26-16-8-3-7-15(24)18(16)27-21/h2-3,5-8,11,17H,4,9-10H2,1H3,(H,26,27). The lowest BCUT2D eigenvalue weighted by atomic mass is 10.1. The zero-order valence-corrected chi connectivity index (χ0v) is 17.7. The fourth-order valence-electron chi connectivity index (χ4n) is 4.00. The molecule has 1 atom stereocenters. The lowest BCUT2D eigenvalue weighted by molar-refractivity contribution is 0.0726. The van der Waals surface area contributed by atoms with Gasteiger partial charge in [-0.05, 0) is 49.6 Å². The Bertz CT molecular complexity index is 1270. The van der Waals surface area contributed by atoms with Crippen LogP contribution in [0.3, 0.4) is 0 Å². The zero-order chi connectivity index (χ0) is 20.8. The van der Waals surface area contributed by atoms with E-state index in [0.29, 0.717) is 34.1 Å². The summed E-state index contributed by atoms with van der Waals surface area (Å²) in [5.74, 6) is 0.0965. The molecule has 3 heterocycles. The molecule has 0 aliphatic carbocycles. The molecule has 0 radical (unpaired) electrons. The summed E-state index contributed by atoms with van der Waals surface area (Å²) < 4.78 is 14.1. The number of benzene rings is 2. The second kappa shape index (κ2) is 7.49. The van der Waals surface area contributed by atoms with Gasteiger partial charge in [-0.1, -0.05) is 29.8 Å². The average Bonchev–Trinajstić information content (AvgIpc) is 3.45. The summed E-state index contributed by atoms with van der Waals surface area (Å²) in [6.45, 7) is 2.49. The Morgan fingerprint density at radius 1 is 1.27 bits per heavy atom. The first-order valence-corrected chi connectivity index (χ1v) is 10.9. The van der Waals surface area contributed by atoms with Gasteiger partial charge in [-0.15, -0.1) is 11.3 Å². The summed E-state index contributed by atoms with van der Waals surface area (Å²) in [5, 5.41) is 1.43. The van der Waals surface area contributed by atoms with E-state index in [1.807, 2.05) is 25.1 Å². The number of H-pyrrole nitrogens is 1. The highest BCUT2D eigenvalue weighted by Crippen LogP contribution is 2.37. The van der Waals surface area contributed by atoms with E-state index in [-0.39, 0.29) is 17.8 Å². The number of fused-ring (bicyclic) bond motifs is 1. The van der Waals surface area contributed by atoms with Crippen LogP contribution >= 0.6 is 22.9 Å². The Morgan fingerprint density at radius 2 is 2.10 bits per heavy atom. The summed E-state index contributed by atoms with van der Waals surface area (Å²) in [4.78, 5) is 28.3. The maximum absolute atomic E-state index is 14.1. The Morgan fingerprint density at radius 3 is 2.90 bits per heavy atom. The maximum atomic E-state index is 14.1. The third-order valence-electron chi connectivity index (χ3n) is 5.33. The molecule has 1 unspecified atom stereocenters. The molecule has 1 aliphatic heterocycles. The largest absolute Gasteiger partial charge is 0.340 e. The van der Waals surface area contributed by atoms with Crippen molar-refractivity contribution in [1.82, 2.24) is 19.9 Å². The number of aromatic amines is 1. The molecule has 152 valence electrons. The van der Waals surface area contributed by atoms with Gasteiger partial charge in [0.2, 0.25) is 0 Å². The van der Waals surface area contributed by atoms with Crippen LogP contribution in [0.25, 0.3) is 21.5 Å². The Labute approximate surface area is 181 Å². The number of amides is 1. The van der Waals surface area contributed by atoms with Gasteiger partial charge < -0.3 is 9.88 Å². The van der Waals surface area contributed by atoms with Crippen LogP contribution < -0.4 is 0 Å². The Hall–Kier alpha value is -2.77. The number of imidazole rings is 1. The highest BCUT2D eigenvalue weighted by molar-refractivity contribution is 7.15. The molecular formula is C22H18ClFN4OS. The van der Waals surface area contributed by atoms with Crippen LogP contribution in [0.1, 0.15) is 40.2 Å². The van der Waals surface area contributed by atoms with E-state index >= 15 is 0 Å². The highest BCUT2D eigenvalue weighted by atomic mass is 35.5. The number of rotatable bonds is 3. The third kappa shape index (κ3) is 3.28. The normalized spacial score (nSPS) is 16.5. The van der Waals surface area contributed by atoms with Gasteiger partial charge in [0.1, 0.15) is 17.0 Å². The number of hydrogen-bond donors (Lipinski definition) is 1. The molecule has 1 N–H and O–H groups in total. The molecule has 2 aromatic carbocycles. The number of likely N-dealkylation sites (tertiary alicyclic amines) is 1. The van der Waals surface area contributed by atoms with E-state index in [1.165, 1.54) is 17.4 Å². The van der Waals surface area contributed by atoms with Crippen molar-refractivity contribution in [2.24, 2.45) is 0 Å². The van der Waals surface area contributed by atoms with Crippen LogP contribution in [-0.2, 0) is 0 Å². The number of para-hydroxylation sites is 1. The van der Waals surface area contributed by atoms with Gasteiger partial charge in [0.05, 0.1) is 21.4 Å². The molecule has 4 aromatic rings. The van der Waals surface area contributed by atoms with Crippen LogP contribution in [0.4, 0.5) is 4.39 Å². The first-order valence-electron chi connectivity index (χ1n) is 9.70. The molecule has 8 heteroatoms. The molecular weight excluding hydrogens is 423 g/mol. The van der Waals surface area contributed by atoms with Gasteiger partial charge in [-0.25, -0.2) is 14.4 Å². The molecule has 1 aliphatic rings. The molecule has 2 aromatic heterocycles. The predicted molar refractivity (Wildman–Crippen MR) is 116 cm³/mol. The molecule has 30 heavy (non-hydrogen) atoms. The van der Waals surface area contributed by atoms with Gasteiger partial charge >= 0.3 is 0 Å². The van der Waals surface area contributed by atoms with Crippen molar-refractivity contribution < 1.29 is 9.18 Å². The lowest BCUT2D eigenvalue weighted by Crippen LogP contribution is -2.31. The number of aromatic nitrogens is 3. The van der Waals surface area contributed by atoms with Gasteiger partial charge in [0.15, 0.2) is 5.82 Å². The third-order valence-corrected chi connectivity index (χ3v) is 6.59. The number of aryl methyl sites for hydroxylation is 1. The minimum absolute atomic E-state index is 0.141. The van der Waals surface area contributed by atoms with E-state index < -0.39 is 0 Å². The number of carbonyl (C=O) groups is 1. The topological polar surface area (TPSA) is 61.9 Å². The van der Waals surface area contributed by atoms with Crippen LogP contribution in [0.2, 0.25) is 5.02 Å². The van der Waals surface area contributed by atoms with Crippen molar-refractivity contribution in [3.63, 3.8) is 0 Å². The SMILES string of the molecule is Cc1nc(C(=O)N2CCCC2c2nc3c(F)cccc3[nH]2)c(-c2cccc(Cl)c2)s1.